The van der Waals surface area contributed by atoms with Crippen molar-refractivity contribution in [3.8, 4) is 0 Å². The number of benzene rings is 1. The van der Waals surface area contributed by atoms with Crippen LogP contribution >= 0.6 is 0 Å². The van der Waals surface area contributed by atoms with Gasteiger partial charge < -0.3 is 19.9 Å². The van der Waals surface area contributed by atoms with Gasteiger partial charge in [-0.2, -0.15) is 0 Å². The summed E-state index contributed by atoms with van der Waals surface area (Å²) in [5, 5.41) is 2.73. The molecule has 6 heteroatoms. The first-order valence-electron chi connectivity index (χ1n) is 8.36. The van der Waals surface area contributed by atoms with E-state index in [1.54, 1.807) is 24.3 Å². The smallest absolute Gasteiger partial charge is 0.253 e. The number of likely N-dealkylation sites (N-methyl/N-ethyl adjacent to an activating group) is 1. The number of likely N-dealkylation sites (tertiary alicyclic amines) is 1. The standard InChI is InChI=1S/C18H27N3O3/c1-20(2)16-6-4-5-11-21(12-16)18(23)14-7-9-15(10-8-14)19-17(22)13-24-3/h7-10,16H,4-6,11-13H2,1-3H3,(H,19,22)/t16-/m0/s1. The molecule has 1 aromatic rings. The molecule has 2 amide bonds. The number of rotatable bonds is 5. The van der Waals surface area contributed by atoms with Gasteiger partial charge in [0.25, 0.3) is 5.91 Å². The van der Waals surface area contributed by atoms with Crippen LogP contribution in [0.4, 0.5) is 5.69 Å². The molecule has 0 bridgehead atoms. The van der Waals surface area contributed by atoms with Gasteiger partial charge in [0.2, 0.25) is 5.91 Å². The zero-order chi connectivity index (χ0) is 17.5. The highest BCUT2D eigenvalue weighted by Crippen LogP contribution is 2.17. The maximum atomic E-state index is 12.8. The molecule has 0 saturated carbocycles. The van der Waals surface area contributed by atoms with Crippen molar-refractivity contribution in [3.05, 3.63) is 29.8 Å². The zero-order valence-electron chi connectivity index (χ0n) is 14.7. The number of nitrogens with zero attached hydrogens (tertiary/aromatic N) is 2. The SMILES string of the molecule is COCC(=O)Nc1ccc(C(=O)N2CCCC[C@H](N(C)C)C2)cc1. The van der Waals surface area contributed by atoms with Crippen molar-refractivity contribution in [1.29, 1.82) is 0 Å². The van der Waals surface area contributed by atoms with Crippen molar-refractivity contribution in [2.24, 2.45) is 0 Å². The van der Waals surface area contributed by atoms with E-state index in [4.69, 9.17) is 4.74 Å². The average Bonchev–Trinajstić information content (AvgIpc) is 2.81. The van der Waals surface area contributed by atoms with Crippen molar-refractivity contribution in [3.63, 3.8) is 0 Å². The van der Waals surface area contributed by atoms with Crippen molar-refractivity contribution < 1.29 is 14.3 Å². The molecule has 1 aromatic carbocycles. The summed E-state index contributed by atoms with van der Waals surface area (Å²) < 4.78 is 4.78. The zero-order valence-corrected chi connectivity index (χ0v) is 14.7. The molecule has 1 aliphatic heterocycles. The maximum absolute atomic E-state index is 12.8. The van der Waals surface area contributed by atoms with Crippen LogP contribution in [-0.2, 0) is 9.53 Å². The van der Waals surface area contributed by atoms with Gasteiger partial charge in [0.15, 0.2) is 0 Å². The van der Waals surface area contributed by atoms with Gasteiger partial charge in [0.1, 0.15) is 6.61 Å². The Hall–Kier alpha value is -1.92. The molecule has 0 radical (unpaired) electrons. The molecule has 0 unspecified atom stereocenters. The van der Waals surface area contributed by atoms with Crippen LogP contribution < -0.4 is 5.32 Å². The minimum Gasteiger partial charge on any atom is -0.375 e. The number of methoxy groups -OCH3 is 1. The summed E-state index contributed by atoms with van der Waals surface area (Å²) >= 11 is 0. The Balaban J connectivity index is 2.02. The predicted molar refractivity (Wildman–Crippen MR) is 94.2 cm³/mol. The lowest BCUT2D eigenvalue weighted by atomic mass is 10.1. The lowest BCUT2D eigenvalue weighted by Crippen LogP contribution is -2.41. The molecule has 1 aliphatic rings. The van der Waals surface area contributed by atoms with Crippen LogP contribution in [0.25, 0.3) is 0 Å². The van der Waals surface area contributed by atoms with Crippen molar-refractivity contribution in [1.82, 2.24) is 9.80 Å². The highest BCUT2D eigenvalue weighted by atomic mass is 16.5. The third-order valence-electron chi connectivity index (χ3n) is 4.36. The van der Waals surface area contributed by atoms with Gasteiger partial charge >= 0.3 is 0 Å². The fourth-order valence-corrected chi connectivity index (χ4v) is 2.93. The Bertz CT molecular complexity index is 557. The number of carbonyl (C=O) groups is 2. The maximum Gasteiger partial charge on any atom is 0.253 e. The first-order chi connectivity index (χ1) is 11.5. The summed E-state index contributed by atoms with van der Waals surface area (Å²) in [4.78, 5) is 28.4. The van der Waals surface area contributed by atoms with Crippen LogP contribution in [0.1, 0.15) is 29.6 Å². The molecule has 0 aromatic heterocycles. The molecule has 1 atom stereocenters. The number of nitrogens with one attached hydrogen (secondary N) is 1. The Kier molecular flexibility index (Phi) is 6.75. The van der Waals surface area contributed by atoms with Gasteiger partial charge in [-0.05, 0) is 51.2 Å². The molecular weight excluding hydrogens is 306 g/mol. The monoisotopic (exact) mass is 333 g/mol. The van der Waals surface area contributed by atoms with Crippen LogP contribution in [0.15, 0.2) is 24.3 Å². The molecule has 1 saturated heterocycles. The summed E-state index contributed by atoms with van der Waals surface area (Å²) in [5.74, 6) is -0.156. The number of hydrogen-bond donors (Lipinski definition) is 1. The predicted octanol–water partition coefficient (Wildman–Crippen LogP) is 1.83. The quantitative estimate of drug-likeness (QED) is 0.893. The Morgan fingerprint density at radius 1 is 1.25 bits per heavy atom. The van der Waals surface area contributed by atoms with Crippen molar-refractivity contribution in [2.75, 3.05) is 46.2 Å². The van der Waals surface area contributed by atoms with Crippen molar-refractivity contribution >= 4 is 17.5 Å². The normalized spacial score (nSPS) is 18.3. The van der Waals surface area contributed by atoms with Crippen LogP contribution in [0.3, 0.4) is 0 Å². The van der Waals surface area contributed by atoms with Gasteiger partial charge in [0.05, 0.1) is 0 Å². The second-order valence-electron chi connectivity index (χ2n) is 6.42. The molecule has 24 heavy (non-hydrogen) atoms. The van der Waals surface area contributed by atoms with E-state index in [0.29, 0.717) is 17.3 Å². The number of amides is 2. The third kappa shape index (κ3) is 5.04. The van der Waals surface area contributed by atoms with E-state index >= 15 is 0 Å². The highest BCUT2D eigenvalue weighted by molar-refractivity contribution is 5.96. The van der Waals surface area contributed by atoms with E-state index in [0.717, 1.165) is 32.4 Å². The van der Waals surface area contributed by atoms with Gasteiger partial charge in [0, 0.05) is 37.5 Å². The van der Waals surface area contributed by atoms with Crippen molar-refractivity contribution in [2.45, 2.75) is 25.3 Å². The number of anilines is 1. The van der Waals surface area contributed by atoms with Crippen LogP contribution in [0, 0.1) is 0 Å². The minimum absolute atomic E-state index is 0.0143. The summed E-state index contributed by atoms with van der Waals surface area (Å²) in [6.07, 6.45) is 3.32. The Labute approximate surface area is 143 Å². The molecule has 1 fully saturated rings. The van der Waals surface area contributed by atoms with E-state index < -0.39 is 0 Å². The first-order valence-corrected chi connectivity index (χ1v) is 8.36. The topological polar surface area (TPSA) is 61.9 Å². The van der Waals surface area contributed by atoms with Gasteiger partial charge in [-0.15, -0.1) is 0 Å². The van der Waals surface area contributed by atoms with Crippen LogP contribution in [0.5, 0.6) is 0 Å². The molecule has 1 heterocycles. The second-order valence-corrected chi connectivity index (χ2v) is 6.42. The Morgan fingerprint density at radius 3 is 2.58 bits per heavy atom. The lowest BCUT2D eigenvalue weighted by molar-refractivity contribution is -0.119. The molecule has 132 valence electrons. The van der Waals surface area contributed by atoms with E-state index in [2.05, 4.69) is 24.3 Å². The molecule has 2 rings (SSSR count). The summed E-state index contributed by atoms with van der Waals surface area (Å²) in [5.41, 5.74) is 1.31. The molecule has 0 spiro atoms. The second kappa shape index (κ2) is 8.80. The van der Waals surface area contributed by atoms with E-state index in [9.17, 15) is 9.59 Å². The van der Waals surface area contributed by atoms with Gasteiger partial charge in [-0.1, -0.05) is 6.42 Å². The molecule has 1 N–H and O–H groups in total. The number of ether oxygens (including phenoxy) is 1. The fourth-order valence-electron chi connectivity index (χ4n) is 2.93. The summed E-state index contributed by atoms with van der Waals surface area (Å²) in [7, 11) is 5.61. The lowest BCUT2D eigenvalue weighted by Gasteiger charge is -2.28. The Morgan fingerprint density at radius 2 is 1.96 bits per heavy atom. The summed E-state index contributed by atoms with van der Waals surface area (Å²) in [6.45, 7) is 1.58. The van der Waals surface area contributed by atoms with E-state index in [-0.39, 0.29) is 18.4 Å². The number of carbonyl (C=O) groups excluding carboxylic acids is 2. The van der Waals surface area contributed by atoms with Crippen LogP contribution in [0.2, 0.25) is 0 Å². The minimum atomic E-state index is -0.210. The molecule has 0 aliphatic carbocycles. The third-order valence-corrected chi connectivity index (χ3v) is 4.36. The van der Waals surface area contributed by atoms with Crippen LogP contribution in [-0.4, -0.2) is 68.6 Å². The van der Waals surface area contributed by atoms with Gasteiger partial charge in [-0.25, -0.2) is 0 Å². The number of hydrogen-bond acceptors (Lipinski definition) is 4. The van der Waals surface area contributed by atoms with E-state index in [1.165, 1.54) is 7.11 Å². The fraction of sp³-hybridized carbons (Fsp3) is 0.556. The molecule has 6 nitrogen and oxygen atoms in total. The average molecular weight is 333 g/mol. The highest BCUT2D eigenvalue weighted by Gasteiger charge is 2.24. The first kappa shape index (κ1) is 18.4. The molecular formula is C18H27N3O3. The van der Waals surface area contributed by atoms with E-state index in [1.807, 2.05) is 4.90 Å². The summed E-state index contributed by atoms with van der Waals surface area (Å²) in [6, 6.07) is 7.44. The largest absolute Gasteiger partial charge is 0.375 e. The van der Waals surface area contributed by atoms with Gasteiger partial charge in [-0.3, -0.25) is 9.59 Å².